The van der Waals surface area contributed by atoms with Crippen LogP contribution in [0.5, 0.6) is 0 Å². The van der Waals surface area contributed by atoms with Crippen LogP contribution in [-0.2, 0) is 0 Å². The van der Waals surface area contributed by atoms with Crippen LogP contribution in [0.3, 0.4) is 0 Å². The topological polar surface area (TPSA) is 37.3 Å². The molecule has 0 aromatic rings. The van der Waals surface area contributed by atoms with Crippen molar-refractivity contribution >= 4 is 20.9 Å². The van der Waals surface area contributed by atoms with Crippen molar-refractivity contribution in [2.75, 3.05) is 0 Å². The second-order valence-corrected chi connectivity index (χ2v) is 1.09. The van der Waals surface area contributed by atoms with Gasteiger partial charge in [-0.15, -0.1) is 0 Å². The van der Waals surface area contributed by atoms with Gasteiger partial charge in [0.15, 0.2) is 0 Å². The predicted octanol–water partition coefficient (Wildman–Crippen LogP) is -0.435. The van der Waals surface area contributed by atoms with Crippen LogP contribution in [0.2, 0.25) is 0 Å². The molecule has 0 fully saturated rings. The van der Waals surface area contributed by atoms with E-state index in [1.165, 1.54) is 16.0 Å². The van der Waals surface area contributed by atoms with Crippen LogP contribution in [-0.4, -0.2) is 26.0 Å². The van der Waals surface area contributed by atoms with E-state index in [1.54, 1.807) is 0 Å². The first-order valence-corrected chi connectivity index (χ1v) is 1.59. The van der Waals surface area contributed by atoms with Crippen LogP contribution in [0.1, 0.15) is 0 Å². The molecule has 0 amide bonds. The first-order valence-electron chi connectivity index (χ1n) is 0.651. The summed E-state index contributed by atoms with van der Waals surface area (Å²) in [5.74, 6) is 0. The summed E-state index contributed by atoms with van der Waals surface area (Å²) in [4.78, 5) is 8.08. The van der Waals surface area contributed by atoms with E-state index >= 15 is 0 Å². The minimum atomic E-state index is -0.896. The maximum absolute atomic E-state index is 8.97. The van der Waals surface area contributed by atoms with Crippen LogP contribution in [0.25, 0.3) is 0 Å². The predicted molar refractivity (Wildman–Crippen MR) is 15.2 cm³/mol. The Hall–Kier alpha value is -0.0105. The Morgan fingerprint density at radius 3 is 2.00 bits per heavy atom. The monoisotopic (exact) mass is 126 g/mol. The van der Waals surface area contributed by atoms with Gasteiger partial charge in [-0.2, -0.15) is 0 Å². The summed E-state index contributed by atoms with van der Waals surface area (Å²) >= 11 is 1.45. The van der Waals surface area contributed by atoms with E-state index in [9.17, 15) is 0 Å². The van der Waals surface area contributed by atoms with Crippen molar-refractivity contribution in [1.29, 1.82) is 0 Å². The van der Waals surface area contributed by atoms with Gasteiger partial charge in [-0.3, -0.25) is 0 Å². The summed E-state index contributed by atoms with van der Waals surface area (Å²) in [6, 6.07) is 0. The first kappa shape index (κ1) is 3.99. The molecule has 24 valence electrons. The number of hydrogen-bond acceptors (Lipinski definition) is 1. The summed E-state index contributed by atoms with van der Waals surface area (Å²) in [5.41, 5.74) is 0. The second-order valence-electron chi connectivity index (χ2n) is 0.283. The Bertz CT molecular complexity index is 29.0. The van der Waals surface area contributed by atoms with Crippen molar-refractivity contribution < 1.29 is 9.90 Å². The molecule has 0 saturated carbocycles. The molecule has 0 rings (SSSR count). The van der Waals surface area contributed by atoms with Gasteiger partial charge in [-0.25, -0.2) is 0 Å². The van der Waals surface area contributed by atoms with Crippen molar-refractivity contribution in [3.8, 4) is 0 Å². The quantitative estimate of drug-likeness (QED) is 0.446. The fourth-order valence-corrected chi connectivity index (χ4v) is 0. The zero-order chi connectivity index (χ0) is 3.58. The molecule has 0 heterocycles. The van der Waals surface area contributed by atoms with Crippen LogP contribution in [0.4, 0.5) is 4.79 Å². The molecule has 0 aliphatic rings. The average molecular weight is 125 g/mol. The SMILES string of the molecule is O=C(O)[SeH]. The molecule has 0 aromatic carbocycles. The van der Waals surface area contributed by atoms with Gasteiger partial charge in [0, 0.05) is 0 Å². The average Bonchev–Trinajstić information content (AvgIpc) is 0.811. The molecule has 0 saturated heterocycles. The Balaban J connectivity index is 2.80. The number of hydrogen-bond donors (Lipinski definition) is 1. The molecule has 0 aliphatic carbocycles. The van der Waals surface area contributed by atoms with E-state index in [1.807, 2.05) is 0 Å². The maximum atomic E-state index is 8.97. The molecule has 0 radical (unpaired) electrons. The van der Waals surface area contributed by atoms with Crippen molar-refractivity contribution in [2.24, 2.45) is 0 Å². The van der Waals surface area contributed by atoms with Gasteiger partial charge in [0.25, 0.3) is 0 Å². The van der Waals surface area contributed by atoms with Crippen molar-refractivity contribution in [3.05, 3.63) is 0 Å². The Kier molecular flexibility index (Phi) is 1.32. The van der Waals surface area contributed by atoms with E-state index in [-0.39, 0.29) is 0 Å². The fourth-order valence-electron chi connectivity index (χ4n) is 0. The van der Waals surface area contributed by atoms with Crippen molar-refractivity contribution in [1.82, 2.24) is 0 Å². The van der Waals surface area contributed by atoms with E-state index < -0.39 is 4.87 Å². The summed E-state index contributed by atoms with van der Waals surface area (Å²) in [7, 11) is 0. The summed E-state index contributed by atoms with van der Waals surface area (Å²) in [6.45, 7) is 0. The summed E-state index contributed by atoms with van der Waals surface area (Å²) in [5, 5.41) is 7.39. The zero-order valence-corrected chi connectivity index (χ0v) is 3.68. The molecule has 1 N–H and O–H groups in total. The van der Waals surface area contributed by atoms with Gasteiger partial charge in [0.2, 0.25) is 0 Å². The van der Waals surface area contributed by atoms with Gasteiger partial charge in [0.1, 0.15) is 0 Å². The third-order valence-corrected chi connectivity index (χ3v) is 0. The third-order valence-electron chi connectivity index (χ3n) is 0. The van der Waals surface area contributed by atoms with E-state index in [4.69, 9.17) is 9.90 Å². The molecule has 0 unspecified atom stereocenters. The Labute approximate surface area is 31.6 Å². The molecule has 2 nitrogen and oxygen atoms in total. The van der Waals surface area contributed by atoms with Gasteiger partial charge in [-0.1, -0.05) is 0 Å². The van der Waals surface area contributed by atoms with E-state index in [0.29, 0.717) is 0 Å². The molecule has 0 aliphatic heterocycles. The van der Waals surface area contributed by atoms with Crippen LogP contribution >= 0.6 is 0 Å². The Morgan fingerprint density at radius 2 is 2.00 bits per heavy atom. The summed E-state index contributed by atoms with van der Waals surface area (Å²) in [6.07, 6.45) is 0. The molecule has 4 heavy (non-hydrogen) atoms. The molecule has 0 atom stereocenters. The standard InChI is InChI=1S/CH2O2Se/c2-1(3)4/h4H,(H,2,3). The van der Waals surface area contributed by atoms with E-state index in [0.717, 1.165) is 0 Å². The molecule has 3 heteroatoms. The van der Waals surface area contributed by atoms with E-state index in [2.05, 4.69) is 0 Å². The number of carbonyl (C=O) groups is 1. The molecule has 0 spiro atoms. The normalized spacial score (nSPS) is 6.25. The molecular formula is CH2O2Se. The van der Waals surface area contributed by atoms with Gasteiger partial charge in [-0.05, 0) is 0 Å². The molecular weight excluding hydrogens is 123 g/mol. The minimum absolute atomic E-state index is 0.896. The van der Waals surface area contributed by atoms with Crippen LogP contribution in [0.15, 0.2) is 0 Å². The van der Waals surface area contributed by atoms with Gasteiger partial charge >= 0.3 is 30.8 Å². The summed E-state index contributed by atoms with van der Waals surface area (Å²) < 4.78 is 0. The Morgan fingerprint density at radius 1 is 2.00 bits per heavy atom. The van der Waals surface area contributed by atoms with Gasteiger partial charge in [0.05, 0.1) is 0 Å². The zero-order valence-electron chi connectivity index (χ0n) is 1.80. The van der Waals surface area contributed by atoms with Crippen LogP contribution < -0.4 is 0 Å². The molecule has 0 aromatic heterocycles. The van der Waals surface area contributed by atoms with Gasteiger partial charge < -0.3 is 0 Å². The van der Waals surface area contributed by atoms with Crippen molar-refractivity contribution in [3.63, 3.8) is 0 Å². The number of rotatable bonds is 0. The fraction of sp³-hybridized carbons (Fsp3) is 0. The second kappa shape index (κ2) is 1.32. The number of carboxylic acid groups (broad SMARTS) is 1. The van der Waals surface area contributed by atoms with Crippen LogP contribution in [0, 0.1) is 0 Å². The van der Waals surface area contributed by atoms with Crippen molar-refractivity contribution in [2.45, 2.75) is 0 Å². The molecule has 0 bridgehead atoms. The first-order chi connectivity index (χ1) is 1.73. The third kappa shape index (κ3) is 17600.